The maximum absolute atomic E-state index is 10.7. The zero-order chi connectivity index (χ0) is 9.35. The van der Waals surface area contributed by atoms with Gasteiger partial charge >= 0.3 is 0 Å². The van der Waals surface area contributed by atoms with Gasteiger partial charge in [-0.3, -0.25) is 4.55 Å². The molecule has 0 atom stereocenters. The van der Waals surface area contributed by atoms with Gasteiger partial charge in [0.2, 0.25) is 0 Å². The van der Waals surface area contributed by atoms with Gasteiger partial charge in [0.1, 0.15) is 0 Å². The normalized spacial score (nSPS) is 11.5. The molecule has 0 spiro atoms. The maximum atomic E-state index is 10.7. The van der Waals surface area contributed by atoms with Crippen molar-refractivity contribution in [3.8, 4) is 0 Å². The van der Waals surface area contributed by atoms with Gasteiger partial charge in [-0.05, 0) is 24.6 Å². The molecule has 1 aromatic carbocycles. The second-order valence-corrected chi connectivity index (χ2v) is 3.85. The molecule has 0 unspecified atom stereocenters. The van der Waals surface area contributed by atoms with Gasteiger partial charge in [-0.25, -0.2) is 0 Å². The molecule has 1 radical (unpaired) electrons. The maximum Gasteiger partial charge on any atom is 0.294 e. The number of rotatable bonds is 1. The van der Waals surface area contributed by atoms with Gasteiger partial charge in [0.05, 0.1) is 10.6 Å². The van der Waals surface area contributed by atoms with Crippen molar-refractivity contribution in [3.05, 3.63) is 23.8 Å². The lowest BCUT2D eigenvalue weighted by Gasteiger charge is -2.01. The molecule has 0 fully saturated rings. The molecule has 4 nitrogen and oxygen atoms in total. The zero-order valence-corrected chi connectivity index (χ0v) is 7.22. The van der Waals surface area contributed by atoms with E-state index in [0.717, 1.165) is 6.07 Å². The molecule has 0 saturated heterocycles. The Morgan fingerprint density at radius 2 is 2.00 bits per heavy atom. The first kappa shape index (κ1) is 9.02. The van der Waals surface area contributed by atoms with E-state index in [-0.39, 0.29) is 10.6 Å². The summed E-state index contributed by atoms with van der Waals surface area (Å²) in [6.45, 7) is 1.56. The van der Waals surface area contributed by atoms with Gasteiger partial charge < -0.3 is 5.73 Å². The Kier molecular flexibility index (Phi) is 2.08. The third-order valence-electron chi connectivity index (χ3n) is 1.47. The van der Waals surface area contributed by atoms with E-state index in [0.29, 0.717) is 5.56 Å². The third kappa shape index (κ3) is 1.75. The van der Waals surface area contributed by atoms with Crippen molar-refractivity contribution in [1.82, 2.24) is 5.73 Å². The second-order valence-electron chi connectivity index (χ2n) is 2.46. The minimum atomic E-state index is -4.18. The van der Waals surface area contributed by atoms with E-state index >= 15 is 0 Å². The Hall–Kier alpha value is -1.07. The number of aryl methyl sites for hydroxylation is 1. The molecule has 0 heterocycles. The molecule has 0 aliphatic rings. The van der Waals surface area contributed by atoms with E-state index in [1.807, 2.05) is 0 Å². The highest BCUT2D eigenvalue weighted by atomic mass is 32.2. The van der Waals surface area contributed by atoms with Crippen molar-refractivity contribution >= 4 is 15.8 Å². The predicted molar refractivity (Wildman–Crippen MR) is 43.8 cm³/mol. The summed E-state index contributed by atoms with van der Waals surface area (Å²) in [6.07, 6.45) is 0. The first-order valence-corrected chi connectivity index (χ1v) is 4.65. The SMILES string of the molecule is Cc1ccc([NH])cc1S(=O)(=O)O. The number of nitrogens with one attached hydrogen (secondary N) is 1. The van der Waals surface area contributed by atoms with Crippen LogP contribution in [0.4, 0.5) is 5.69 Å². The first-order valence-electron chi connectivity index (χ1n) is 3.21. The van der Waals surface area contributed by atoms with Gasteiger partial charge in [-0.15, -0.1) is 0 Å². The van der Waals surface area contributed by atoms with E-state index in [9.17, 15) is 8.42 Å². The second kappa shape index (κ2) is 2.76. The largest absolute Gasteiger partial charge is 0.301 e. The van der Waals surface area contributed by atoms with Crippen LogP contribution >= 0.6 is 0 Å². The van der Waals surface area contributed by atoms with Crippen LogP contribution in [-0.4, -0.2) is 13.0 Å². The van der Waals surface area contributed by atoms with E-state index in [2.05, 4.69) is 0 Å². The smallest absolute Gasteiger partial charge is 0.294 e. The summed E-state index contributed by atoms with van der Waals surface area (Å²) in [4.78, 5) is -0.199. The van der Waals surface area contributed by atoms with E-state index in [4.69, 9.17) is 10.3 Å². The summed E-state index contributed by atoms with van der Waals surface area (Å²) < 4.78 is 30.0. The van der Waals surface area contributed by atoms with Gasteiger partial charge in [0.25, 0.3) is 10.1 Å². The number of hydrogen-bond acceptors (Lipinski definition) is 2. The fraction of sp³-hybridized carbons (Fsp3) is 0.143. The average Bonchev–Trinajstić information content (AvgIpc) is 1.92. The molecule has 0 bridgehead atoms. The van der Waals surface area contributed by atoms with Crippen LogP contribution in [0.2, 0.25) is 0 Å². The molecule has 1 aromatic rings. The lowest BCUT2D eigenvalue weighted by molar-refractivity contribution is 0.482. The lowest BCUT2D eigenvalue weighted by Crippen LogP contribution is -2.00. The van der Waals surface area contributed by atoms with Crippen molar-refractivity contribution in [2.45, 2.75) is 11.8 Å². The van der Waals surface area contributed by atoms with Gasteiger partial charge in [-0.1, -0.05) is 6.07 Å². The van der Waals surface area contributed by atoms with Gasteiger partial charge in [0.15, 0.2) is 0 Å². The zero-order valence-electron chi connectivity index (χ0n) is 6.40. The first-order chi connectivity index (χ1) is 5.41. The van der Waals surface area contributed by atoms with Crippen LogP contribution in [0, 0.1) is 6.92 Å². The van der Waals surface area contributed by atoms with Crippen LogP contribution in [0.3, 0.4) is 0 Å². The molecule has 12 heavy (non-hydrogen) atoms. The minimum absolute atomic E-state index is 0.0632. The molecule has 0 saturated carbocycles. The van der Waals surface area contributed by atoms with Crippen molar-refractivity contribution in [1.29, 1.82) is 0 Å². The molecule has 0 aliphatic carbocycles. The topological polar surface area (TPSA) is 78.2 Å². The molecule has 0 aliphatic heterocycles. The summed E-state index contributed by atoms with van der Waals surface area (Å²) in [6, 6.07) is 4.06. The third-order valence-corrected chi connectivity index (χ3v) is 2.46. The summed E-state index contributed by atoms with van der Waals surface area (Å²) in [5.74, 6) is 0. The summed E-state index contributed by atoms with van der Waals surface area (Å²) >= 11 is 0. The van der Waals surface area contributed by atoms with Crippen molar-refractivity contribution in [2.24, 2.45) is 0 Å². The molecule has 5 heteroatoms. The van der Waals surface area contributed by atoms with Crippen LogP contribution in [0.25, 0.3) is 0 Å². The van der Waals surface area contributed by atoms with Crippen molar-refractivity contribution in [2.75, 3.05) is 0 Å². The molecule has 65 valence electrons. The van der Waals surface area contributed by atoms with E-state index < -0.39 is 10.1 Å². The number of hydrogen-bond donors (Lipinski definition) is 1. The van der Waals surface area contributed by atoms with E-state index in [1.165, 1.54) is 12.1 Å². The summed E-state index contributed by atoms with van der Waals surface area (Å²) in [7, 11) is -4.18. The molecule has 0 aromatic heterocycles. The van der Waals surface area contributed by atoms with Crippen molar-refractivity contribution in [3.63, 3.8) is 0 Å². The average molecular weight is 186 g/mol. The summed E-state index contributed by atoms with van der Waals surface area (Å²) in [5, 5.41) is 0. The Balaban J connectivity index is 3.43. The van der Waals surface area contributed by atoms with Crippen LogP contribution < -0.4 is 5.73 Å². The molecular formula is C7H8NO3S. The molecular weight excluding hydrogens is 178 g/mol. The molecule has 0 amide bonds. The van der Waals surface area contributed by atoms with Gasteiger partial charge in [0, 0.05) is 0 Å². The molecule has 2 N–H and O–H groups in total. The Bertz CT molecular complexity index is 397. The molecule has 1 rings (SSSR count). The van der Waals surface area contributed by atoms with Crippen LogP contribution in [0.1, 0.15) is 5.56 Å². The van der Waals surface area contributed by atoms with Crippen LogP contribution in [0.15, 0.2) is 23.1 Å². The highest BCUT2D eigenvalue weighted by Crippen LogP contribution is 2.18. The number of benzene rings is 1. The van der Waals surface area contributed by atoms with Crippen molar-refractivity contribution < 1.29 is 13.0 Å². The van der Waals surface area contributed by atoms with Crippen LogP contribution in [-0.2, 0) is 10.1 Å². The minimum Gasteiger partial charge on any atom is -0.301 e. The Morgan fingerprint density at radius 3 is 2.42 bits per heavy atom. The monoisotopic (exact) mass is 186 g/mol. The van der Waals surface area contributed by atoms with Crippen LogP contribution in [0.5, 0.6) is 0 Å². The highest BCUT2D eigenvalue weighted by Gasteiger charge is 2.12. The van der Waals surface area contributed by atoms with Gasteiger partial charge in [-0.2, -0.15) is 8.42 Å². The highest BCUT2D eigenvalue weighted by molar-refractivity contribution is 7.85. The fourth-order valence-electron chi connectivity index (χ4n) is 0.878. The predicted octanol–water partition coefficient (Wildman–Crippen LogP) is 1.16. The fourth-order valence-corrected chi connectivity index (χ4v) is 1.63. The quantitative estimate of drug-likeness (QED) is 0.668. The Morgan fingerprint density at radius 1 is 1.42 bits per heavy atom. The Labute approximate surface area is 70.8 Å². The lowest BCUT2D eigenvalue weighted by atomic mass is 10.2. The standard InChI is InChI=1S/C7H8NO3S/c1-5-2-3-6(8)4-7(5)12(9,10)11/h2-4,8H,1H3,(H,9,10,11). The van der Waals surface area contributed by atoms with E-state index in [1.54, 1.807) is 6.92 Å². The summed E-state index contributed by atoms with van der Waals surface area (Å²) in [5.41, 5.74) is 7.64.